The molecule has 1 aliphatic carbocycles. The molecule has 0 spiro atoms. The first-order valence-corrected chi connectivity index (χ1v) is 20.6. The highest BCUT2D eigenvalue weighted by molar-refractivity contribution is 6.99. The second-order valence-corrected chi connectivity index (χ2v) is 20.4. The van der Waals surface area contributed by atoms with Gasteiger partial charge in [0.15, 0.2) is 0 Å². The van der Waals surface area contributed by atoms with Crippen LogP contribution in [0.25, 0.3) is 10.8 Å². The Labute approximate surface area is 307 Å². The lowest BCUT2D eigenvalue weighted by molar-refractivity contribution is 0.0165. The Morgan fingerprint density at radius 1 is 0.902 bits per heavy atom. The van der Waals surface area contributed by atoms with Crippen LogP contribution >= 0.6 is 11.6 Å². The molecular formula is C41H49ClN6O2Si. The fourth-order valence-corrected chi connectivity index (χ4v) is 13.4. The maximum absolute atomic E-state index is 7.68. The molecular weight excluding hydrogens is 672 g/mol. The van der Waals surface area contributed by atoms with Crippen LogP contribution in [0.15, 0.2) is 91.3 Å². The van der Waals surface area contributed by atoms with Gasteiger partial charge in [-0.05, 0) is 65.7 Å². The summed E-state index contributed by atoms with van der Waals surface area (Å²) < 4.78 is 16.1. The SMILES string of the molecule is Cc1c(Nc2cc3cc(N4CCN(C5(C)COCC5O[Si](c5ccccc5)(c5ccccc5)C(C)(C)C)CC4)c(Cl)cc3cn2)cnn1C1CC1. The molecule has 2 atom stereocenters. The summed E-state index contributed by atoms with van der Waals surface area (Å²) in [5, 5.41) is 13.5. The highest BCUT2D eigenvalue weighted by Gasteiger charge is 2.56. The van der Waals surface area contributed by atoms with Gasteiger partial charge in [0.1, 0.15) is 5.82 Å². The average molecular weight is 721 g/mol. The van der Waals surface area contributed by atoms with Crippen LogP contribution < -0.4 is 20.6 Å². The molecule has 10 heteroatoms. The molecule has 2 saturated heterocycles. The number of rotatable bonds is 9. The molecule has 3 aromatic carbocycles. The number of aromatic nitrogens is 3. The van der Waals surface area contributed by atoms with Crippen LogP contribution in [0.4, 0.5) is 17.2 Å². The zero-order chi connectivity index (χ0) is 35.4. The number of piperazine rings is 1. The summed E-state index contributed by atoms with van der Waals surface area (Å²) in [5.41, 5.74) is 2.95. The molecule has 51 heavy (non-hydrogen) atoms. The minimum absolute atomic E-state index is 0.0713. The van der Waals surface area contributed by atoms with E-state index in [1.54, 1.807) is 0 Å². The van der Waals surface area contributed by atoms with Crippen LogP contribution in [-0.4, -0.2) is 79.0 Å². The highest BCUT2D eigenvalue weighted by Crippen LogP contribution is 2.42. The van der Waals surface area contributed by atoms with Gasteiger partial charge in [-0.1, -0.05) is 93.0 Å². The lowest BCUT2D eigenvalue weighted by Gasteiger charge is -2.50. The third-order valence-corrected chi connectivity index (χ3v) is 16.8. The molecule has 0 amide bonds. The van der Waals surface area contributed by atoms with Crippen LogP contribution in [0, 0.1) is 6.92 Å². The Balaban J connectivity index is 1.02. The monoisotopic (exact) mass is 720 g/mol. The Kier molecular flexibility index (Phi) is 8.99. The van der Waals surface area contributed by atoms with Crippen LogP contribution in [0.5, 0.6) is 0 Å². The van der Waals surface area contributed by atoms with Gasteiger partial charge in [-0.2, -0.15) is 5.10 Å². The Morgan fingerprint density at radius 3 is 2.20 bits per heavy atom. The Bertz CT molecular complexity index is 1970. The van der Waals surface area contributed by atoms with Crippen molar-refractivity contribution in [3.8, 4) is 0 Å². The summed E-state index contributed by atoms with van der Waals surface area (Å²) in [6.07, 6.45) is 6.15. The molecule has 4 heterocycles. The molecule has 8 rings (SSSR count). The third kappa shape index (κ3) is 6.27. The van der Waals surface area contributed by atoms with E-state index in [2.05, 4.69) is 132 Å². The van der Waals surface area contributed by atoms with Crippen LogP contribution in [0.1, 0.15) is 52.3 Å². The van der Waals surface area contributed by atoms with Crippen molar-refractivity contribution in [1.29, 1.82) is 0 Å². The van der Waals surface area contributed by atoms with E-state index in [1.807, 2.05) is 18.5 Å². The van der Waals surface area contributed by atoms with Gasteiger partial charge in [0.25, 0.3) is 8.32 Å². The van der Waals surface area contributed by atoms with E-state index in [4.69, 9.17) is 25.7 Å². The van der Waals surface area contributed by atoms with E-state index >= 15 is 0 Å². The summed E-state index contributed by atoms with van der Waals surface area (Å²) >= 11 is 6.97. The zero-order valence-electron chi connectivity index (χ0n) is 30.4. The first-order chi connectivity index (χ1) is 24.6. The first-order valence-electron chi connectivity index (χ1n) is 18.3. The van der Waals surface area contributed by atoms with Crippen molar-refractivity contribution in [3.05, 3.63) is 102 Å². The largest absolute Gasteiger partial charge is 0.400 e. The molecule has 266 valence electrons. The van der Waals surface area contributed by atoms with Gasteiger partial charge in [-0.15, -0.1) is 0 Å². The molecule has 3 fully saturated rings. The predicted octanol–water partition coefficient (Wildman–Crippen LogP) is 7.33. The van der Waals surface area contributed by atoms with Gasteiger partial charge < -0.3 is 19.4 Å². The molecule has 1 saturated carbocycles. The number of fused-ring (bicyclic) bond motifs is 1. The van der Waals surface area contributed by atoms with E-state index < -0.39 is 8.32 Å². The second kappa shape index (κ2) is 13.4. The maximum Gasteiger partial charge on any atom is 0.261 e. The van der Waals surface area contributed by atoms with Gasteiger partial charge in [0.05, 0.1) is 59.2 Å². The van der Waals surface area contributed by atoms with E-state index in [1.165, 1.54) is 23.2 Å². The average Bonchev–Trinajstić information content (AvgIpc) is 3.82. The Hall–Kier alpha value is -3.73. The van der Waals surface area contributed by atoms with Crippen molar-refractivity contribution >= 4 is 58.3 Å². The van der Waals surface area contributed by atoms with Crippen molar-refractivity contribution in [2.45, 2.75) is 70.2 Å². The second-order valence-electron chi connectivity index (χ2n) is 15.8. The van der Waals surface area contributed by atoms with Crippen LogP contribution in [0.3, 0.4) is 0 Å². The number of nitrogens with one attached hydrogen (secondary N) is 1. The van der Waals surface area contributed by atoms with Crippen molar-refractivity contribution in [2.75, 3.05) is 49.6 Å². The Morgan fingerprint density at radius 2 is 1.57 bits per heavy atom. The summed E-state index contributed by atoms with van der Waals surface area (Å²) in [6.45, 7) is 16.2. The molecule has 5 aromatic rings. The lowest BCUT2D eigenvalue weighted by atomic mass is 9.95. The summed E-state index contributed by atoms with van der Waals surface area (Å²) in [5.74, 6) is 0.806. The maximum atomic E-state index is 7.68. The fourth-order valence-electron chi connectivity index (χ4n) is 8.30. The lowest BCUT2D eigenvalue weighted by Crippen LogP contribution is -2.71. The van der Waals surface area contributed by atoms with Gasteiger partial charge >= 0.3 is 0 Å². The molecule has 1 N–H and O–H groups in total. The van der Waals surface area contributed by atoms with Crippen molar-refractivity contribution in [2.24, 2.45) is 0 Å². The molecule has 0 radical (unpaired) electrons. The van der Waals surface area contributed by atoms with Gasteiger partial charge in [0.2, 0.25) is 0 Å². The third-order valence-electron chi connectivity index (χ3n) is 11.4. The molecule has 2 aliphatic heterocycles. The summed E-state index contributed by atoms with van der Waals surface area (Å²) in [4.78, 5) is 9.72. The standard InChI is InChI=1S/C41H49ClN6O2Si/c1-29-36(26-44-48(29)32-16-17-32)45-39-24-30-23-37(35(42)22-31(30)25-43-39)46-18-20-47(21-19-46)41(5)28-49-27-38(41)50-51(40(2,3)4,33-12-8-6-9-13-33)34-14-10-7-11-15-34/h6-15,22-26,32,38H,16-21,27-28H2,1-5H3,(H,43,45). The number of hydrogen-bond donors (Lipinski definition) is 1. The zero-order valence-corrected chi connectivity index (χ0v) is 32.2. The van der Waals surface area contributed by atoms with Crippen molar-refractivity contribution in [3.63, 3.8) is 0 Å². The summed E-state index contributed by atoms with van der Waals surface area (Å²) in [7, 11) is -2.75. The van der Waals surface area contributed by atoms with Crippen LogP contribution in [-0.2, 0) is 9.16 Å². The molecule has 2 aromatic heterocycles. The topological polar surface area (TPSA) is 67.7 Å². The number of ether oxygens (including phenoxy) is 1. The quantitative estimate of drug-likeness (QED) is 0.160. The molecule has 3 aliphatic rings. The van der Waals surface area contributed by atoms with Gasteiger partial charge in [-0.25, -0.2) is 4.98 Å². The van der Waals surface area contributed by atoms with E-state index in [0.717, 1.165) is 64.9 Å². The van der Waals surface area contributed by atoms with E-state index in [-0.39, 0.29) is 16.7 Å². The number of hydrogen-bond acceptors (Lipinski definition) is 7. The highest BCUT2D eigenvalue weighted by atomic mass is 35.5. The van der Waals surface area contributed by atoms with Gasteiger partial charge in [0, 0.05) is 37.8 Å². The minimum atomic E-state index is -2.75. The minimum Gasteiger partial charge on any atom is -0.400 e. The molecule has 2 unspecified atom stereocenters. The van der Waals surface area contributed by atoms with Gasteiger partial charge in [-0.3, -0.25) is 9.58 Å². The molecule has 8 nitrogen and oxygen atoms in total. The number of benzene rings is 3. The predicted molar refractivity (Wildman–Crippen MR) is 211 cm³/mol. The normalized spacial score (nSPS) is 21.8. The number of pyridine rings is 1. The van der Waals surface area contributed by atoms with Crippen molar-refractivity contribution < 1.29 is 9.16 Å². The van der Waals surface area contributed by atoms with E-state index in [0.29, 0.717) is 19.3 Å². The van der Waals surface area contributed by atoms with Crippen molar-refractivity contribution in [1.82, 2.24) is 19.7 Å². The number of anilines is 3. The van der Waals surface area contributed by atoms with Crippen LogP contribution in [0.2, 0.25) is 10.1 Å². The molecule has 0 bridgehead atoms. The van der Waals surface area contributed by atoms with E-state index in [9.17, 15) is 0 Å². The number of nitrogens with zero attached hydrogens (tertiary/aromatic N) is 5. The first kappa shape index (κ1) is 34.4. The smallest absolute Gasteiger partial charge is 0.261 e. The fraction of sp³-hybridized carbons (Fsp3) is 0.415. The summed E-state index contributed by atoms with van der Waals surface area (Å²) in [6, 6.07) is 28.8. The number of halogens is 1.